The Hall–Kier alpha value is -3.33. The number of carbonyl (C=O) groups excluding carboxylic acids is 1. The fourth-order valence-corrected chi connectivity index (χ4v) is 2.61. The van der Waals surface area contributed by atoms with Crippen molar-refractivity contribution in [1.82, 2.24) is 0 Å². The van der Waals surface area contributed by atoms with Crippen LogP contribution in [0.3, 0.4) is 0 Å². The van der Waals surface area contributed by atoms with Crippen molar-refractivity contribution in [3.63, 3.8) is 0 Å². The van der Waals surface area contributed by atoms with Crippen LogP contribution in [0.15, 0.2) is 84.9 Å². The number of nitrogens with one attached hydrogen (secondary N) is 1. The minimum absolute atomic E-state index is 0.186. The highest BCUT2D eigenvalue weighted by Gasteiger charge is 2.06. The number of ether oxygens (including phenoxy) is 1. The number of para-hydroxylation sites is 2. The van der Waals surface area contributed by atoms with Crippen molar-refractivity contribution in [2.75, 3.05) is 12.4 Å². The maximum Gasteiger partial charge on any atom is 0.248 e. The quantitative estimate of drug-likeness (QED) is 0.668. The first kappa shape index (κ1) is 16.5. The van der Waals surface area contributed by atoms with E-state index in [0.29, 0.717) is 0 Å². The van der Waals surface area contributed by atoms with E-state index in [9.17, 15) is 4.79 Å². The van der Waals surface area contributed by atoms with Crippen molar-refractivity contribution in [2.24, 2.45) is 0 Å². The van der Waals surface area contributed by atoms with Gasteiger partial charge in [-0.05, 0) is 23.8 Å². The molecular weight excluding hydrogens is 310 g/mol. The highest BCUT2D eigenvalue weighted by atomic mass is 16.5. The Labute approximate surface area is 147 Å². The van der Waals surface area contributed by atoms with Crippen LogP contribution < -0.4 is 10.1 Å². The first-order valence-electron chi connectivity index (χ1n) is 8.04. The van der Waals surface area contributed by atoms with Crippen LogP contribution in [0.5, 0.6) is 5.75 Å². The highest BCUT2D eigenvalue weighted by molar-refractivity contribution is 6.04. The molecular formula is C22H19NO2. The maximum absolute atomic E-state index is 12.3. The Morgan fingerprint density at radius 2 is 1.56 bits per heavy atom. The Bertz CT molecular complexity index is 885. The van der Waals surface area contributed by atoms with Crippen LogP contribution in [0, 0.1) is 0 Å². The Kier molecular flexibility index (Phi) is 5.27. The highest BCUT2D eigenvalue weighted by Crippen LogP contribution is 2.27. The monoisotopic (exact) mass is 329 g/mol. The van der Waals surface area contributed by atoms with Gasteiger partial charge >= 0.3 is 0 Å². The number of anilines is 1. The van der Waals surface area contributed by atoms with E-state index in [-0.39, 0.29) is 5.91 Å². The molecule has 0 bridgehead atoms. The van der Waals surface area contributed by atoms with Crippen molar-refractivity contribution in [2.45, 2.75) is 0 Å². The molecule has 0 atom stereocenters. The molecule has 0 heterocycles. The average molecular weight is 329 g/mol. The molecule has 25 heavy (non-hydrogen) atoms. The Morgan fingerprint density at radius 1 is 0.880 bits per heavy atom. The SMILES string of the molecule is COc1ccccc1C=CC(=O)Nc1ccccc1-c1ccccc1. The Morgan fingerprint density at radius 3 is 2.36 bits per heavy atom. The van der Waals surface area contributed by atoms with Gasteiger partial charge in [-0.1, -0.05) is 66.7 Å². The third-order valence-electron chi connectivity index (χ3n) is 3.82. The molecule has 0 saturated carbocycles. The molecule has 3 heteroatoms. The number of benzene rings is 3. The van der Waals surface area contributed by atoms with Crippen molar-refractivity contribution in [3.05, 3.63) is 90.5 Å². The standard InChI is InChI=1S/C22H19NO2/c1-25-21-14-8-5-11-18(21)15-16-22(24)23-20-13-7-6-12-19(20)17-9-3-2-4-10-17/h2-16H,1H3,(H,23,24). The number of rotatable bonds is 5. The smallest absolute Gasteiger partial charge is 0.248 e. The second-order valence-corrected chi connectivity index (χ2v) is 5.48. The van der Waals surface area contributed by atoms with Crippen molar-refractivity contribution in [1.29, 1.82) is 0 Å². The van der Waals surface area contributed by atoms with E-state index >= 15 is 0 Å². The second-order valence-electron chi connectivity index (χ2n) is 5.48. The normalized spacial score (nSPS) is 10.6. The molecule has 0 aromatic heterocycles. The lowest BCUT2D eigenvalue weighted by Gasteiger charge is -2.10. The number of methoxy groups -OCH3 is 1. The molecule has 124 valence electrons. The largest absolute Gasteiger partial charge is 0.496 e. The molecule has 0 aliphatic heterocycles. The first-order valence-corrected chi connectivity index (χ1v) is 8.04. The fraction of sp³-hybridized carbons (Fsp3) is 0.0455. The van der Waals surface area contributed by atoms with E-state index in [1.54, 1.807) is 13.2 Å². The summed E-state index contributed by atoms with van der Waals surface area (Å²) in [6.07, 6.45) is 3.26. The van der Waals surface area contributed by atoms with Gasteiger partial charge < -0.3 is 10.1 Å². The number of hydrogen-bond donors (Lipinski definition) is 1. The van der Waals surface area contributed by atoms with E-state index in [1.165, 1.54) is 6.08 Å². The molecule has 0 radical (unpaired) electrons. The summed E-state index contributed by atoms with van der Waals surface area (Å²) < 4.78 is 5.29. The van der Waals surface area contributed by atoms with Gasteiger partial charge in [0.05, 0.1) is 7.11 Å². The van der Waals surface area contributed by atoms with Crippen LogP contribution in [0.25, 0.3) is 17.2 Å². The van der Waals surface area contributed by atoms with Gasteiger partial charge in [-0.2, -0.15) is 0 Å². The average Bonchev–Trinajstić information content (AvgIpc) is 2.67. The van der Waals surface area contributed by atoms with E-state index < -0.39 is 0 Å². The number of amides is 1. The van der Waals surface area contributed by atoms with Gasteiger partial charge in [0.25, 0.3) is 0 Å². The topological polar surface area (TPSA) is 38.3 Å². The lowest BCUT2D eigenvalue weighted by Crippen LogP contribution is -2.08. The van der Waals surface area contributed by atoms with Gasteiger partial charge in [-0.15, -0.1) is 0 Å². The number of carbonyl (C=O) groups is 1. The summed E-state index contributed by atoms with van der Waals surface area (Å²) in [5, 5.41) is 2.95. The molecule has 1 amide bonds. The fourth-order valence-electron chi connectivity index (χ4n) is 2.61. The van der Waals surface area contributed by atoms with Gasteiger partial charge in [0.15, 0.2) is 0 Å². The maximum atomic E-state index is 12.3. The molecule has 0 fully saturated rings. The zero-order valence-electron chi connectivity index (χ0n) is 14.0. The van der Waals surface area contributed by atoms with Gasteiger partial charge in [0.1, 0.15) is 5.75 Å². The minimum Gasteiger partial charge on any atom is -0.496 e. The second kappa shape index (κ2) is 7.97. The first-order chi connectivity index (χ1) is 12.3. The summed E-state index contributed by atoms with van der Waals surface area (Å²) in [4.78, 5) is 12.3. The molecule has 0 unspecified atom stereocenters. The lowest BCUT2D eigenvalue weighted by molar-refractivity contribution is -0.111. The summed E-state index contributed by atoms with van der Waals surface area (Å²) in [6, 6.07) is 25.3. The molecule has 0 saturated heterocycles. The number of hydrogen-bond acceptors (Lipinski definition) is 2. The molecule has 3 aromatic rings. The van der Waals surface area contributed by atoms with E-state index in [1.807, 2.05) is 78.9 Å². The van der Waals surface area contributed by atoms with Crippen LogP contribution in [-0.4, -0.2) is 13.0 Å². The van der Waals surface area contributed by atoms with Crippen LogP contribution >= 0.6 is 0 Å². The van der Waals surface area contributed by atoms with Crippen molar-refractivity contribution >= 4 is 17.7 Å². The molecule has 0 aliphatic carbocycles. The molecule has 1 N–H and O–H groups in total. The van der Waals surface area contributed by atoms with Crippen LogP contribution in [0.2, 0.25) is 0 Å². The van der Waals surface area contributed by atoms with Crippen LogP contribution in [0.4, 0.5) is 5.69 Å². The predicted octanol–water partition coefficient (Wildman–Crippen LogP) is 5.01. The summed E-state index contributed by atoms with van der Waals surface area (Å²) in [7, 11) is 1.61. The van der Waals surface area contributed by atoms with Crippen LogP contribution in [0.1, 0.15) is 5.56 Å². The zero-order valence-corrected chi connectivity index (χ0v) is 14.0. The van der Waals surface area contributed by atoms with E-state index in [2.05, 4.69) is 5.32 Å². The predicted molar refractivity (Wildman–Crippen MR) is 103 cm³/mol. The minimum atomic E-state index is -0.186. The zero-order chi connectivity index (χ0) is 17.5. The molecule has 3 aromatic carbocycles. The van der Waals surface area contributed by atoms with Crippen molar-refractivity contribution < 1.29 is 9.53 Å². The van der Waals surface area contributed by atoms with E-state index in [0.717, 1.165) is 28.1 Å². The van der Waals surface area contributed by atoms with Gasteiger partial charge in [-0.3, -0.25) is 4.79 Å². The van der Waals surface area contributed by atoms with Gasteiger partial charge in [0.2, 0.25) is 5.91 Å². The summed E-state index contributed by atoms with van der Waals surface area (Å²) in [5.74, 6) is 0.547. The molecule has 3 nitrogen and oxygen atoms in total. The summed E-state index contributed by atoms with van der Waals surface area (Å²) >= 11 is 0. The molecule has 3 rings (SSSR count). The third-order valence-corrected chi connectivity index (χ3v) is 3.82. The van der Waals surface area contributed by atoms with Crippen molar-refractivity contribution in [3.8, 4) is 16.9 Å². The molecule has 0 spiro atoms. The summed E-state index contributed by atoms with van der Waals surface area (Å²) in [5.41, 5.74) is 3.69. The van der Waals surface area contributed by atoms with Crippen LogP contribution in [-0.2, 0) is 4.79 Å². The molecule has 0 aliphatic rings. The van der Waals surface area contributed by atoms with Gasteiger partial charge in [0, 0.05) is 22.9 Å². The third kappa shape index (κ3) is 4.15. The Balaban J connectivity index is 1.79. The van der Waals surface area contributed by atoms with Gasteiger partial charge in [-0.25, -0.2) is 0 Å². The summed E-state index contributed by atoms with van der Waals surface area (Å²) in [6.45, 7) is 0. The van der Waals surface area contributed by atoms with E-state index in [4.69, 9.17) is 4.74 Å². The lowest BCUT2D eigenvalue weighted by atomic mass is 10.0.